The van der Waals surface area contributed by atoms with Crippen LogP contribution in [-0.4, -0.2) is 60.4 Å². The highest BCUT2D eigenvalue weighted by molar-refractivity contribution is 6.06. The second-order valence-corrected chi connectivity index (χ2v) is 11.7. The van der Waals surface area contributed by atoms with E-state index in [0.717, 1.165) is 24.0 Å². The third-order valence-electron chi connectivity index (χ3n) is 7.92. The molecule has 1 aliphatic heterocycles. The molecule has 1 saturated heterocycles. The van der Waals surface area contributed by atoms with E-state index in [1.807, 2.05) is 32.0 Å². The van der Waals surface area contributed by atoms with Crippen LogP contribution >= 0.6 is 0 Å². The van der Waals surface area contributed by atoms with E-state index >= 15 is 0 Å². The van der Waals surface area contributed by atoms with Gasteiger partial charge in [-0.15, -0.1) is 0 Å². The maximum atomic E-state index is 13.7. The van der Waals surface area contributed by atoms with Crippen molar-refractivity contribution in [1.82, 2.24) is 30.0 Å². The predicted octanol–water partition coefficient (Wildman–Crippen LogP) is 3.93. The number of aryl methyl sites for hydroxylation is 1. The number of Topliss-reactive ketones (excluding diaryl/α,β-unsaturated/α-hetero) is 1. The first kappa shape index (κ1) is 26.0. The Labute approximate surface area is 223 Å². The summed E-state index contributed by atoms with van der Waals surface area (Å²) in [5.74, 6) is 0.745. The zero-order valence-electron chi connectivity index (χ0n) is 23.0. The molecule has 1 N–H and O–H groups in total. The van der Waals surface area contributed by atoms with E-state index in [1.54, 1.807) is 22.0 Å². The summed E-state index contributed by atoms with van der Waals surface area (Å²) < 4.78 is 1.60. The van der Waals surface area contributed by atoms with Crippen molar-refractivity contribution in [2.45, 2.75) is 85.5 Å². The second kappa shape index (κ2) is 9.60. The lowest BCUT2D eigenvalue weighted by molar-refractivity contribution is -0.140. The number of rotatable bonds is 8. The molecule has 1 aliphatic carbocycles. The quantitative estimate of drug-likeness (QED) is 0.454. The molecule has 2 aliphatic rings. The van der Waals surface area contributed by atoms with Gasteiger partial charge in [-0.25, -0.2) is 9.97 Å². The average Bonchev–Trinajstić information content (AvgIpc) is 3.21. The minimum Gasteiger partial charge on any atom is -0.352 e. The van der Waals surface area contributed by atoms with E-state index in [1.165, 1.54) is 6.92 Å². The number of carbonyl (C=O) groups excluding carboxylic acids is 3. The number of hydrogen-bond donors (Lipinski definition) is 1. The number of benzene rings is 1. The maximum absolute atomic E-state index is 13.7. The van der Waals surface area contributed by atoms with E-state index in [0.29, 0.717) is 34.8 Å². The Morgan fingerprint density at radius 2 is 1.82 bits per heavy atom. The van der Waals surface area contributed by atoms with Gasteiger partial charge in [-0.1, -0.05) is 26.8 Å². The van der Waals surface area contributed by atoms with Gasteiger partial charge in [-0.05, 0) is 62.1 Å². The second-order valence-electron chi connectivity index (χ2n) is 11.7. The standard InChI is InChI=1S/C29H36N6O3/c1-16(2)9-17(3)32-28(38)24-11-29(6)12-25(29)35(24)26(37)15-34-23-8-7-20(21-13-30-19(5)31-14-21)10-22(23)27(33-34)18(4)36/h7-8,10,13-14,16-17,24-25H,9,11-12,15H2,1-6H3,(H,32,38)/t17-,24+,25?,29+/m1/s1. The summed E-state index contributed by atoms with van der Waals surface area (Å²) >= 11 is 0. The zero-order valence-corrected chi connectivity index (χ0v) is 23.0. The number of ketones is 1. The smallest absolute Gasteiger partial charge is 0.245 e. The highest BCUT2D eigenvalue weighted by atomic mass is 16.2. The van der Waals surface area contributed by atoms with Crippen molar-refractivity contribution in [3.63, 3.8) is 0 Å². The van der Waals surface area contributed by atoms with E-state index in [-0.39, 0.29) is 41.6 Å². The van der Waals surface area contributed by atoms with Gasteiger partial charge in [0.05, 0.1) is 5.52 Å². The summed E-state index contributed by atoms with van der Waals surface area (Å²) in [7, 11) is 0. The molecule has 200 valence electrons. The highest BCUT2D eigenvalue weighted by Gasteiger charge is 2.64. The van der Waals surface area contributed by atoms with Crippen LogP contribution in [0.25, 0.3) is 22.0 Å². The van der Waals surface area contributed by atoms with E-state index in [9.17, 15) is 14.4 Å². The van der Waals surface area contributed by atoms with Crippen LogP contribution in [0.5, 0.6) is 0 Å². The molecule has 9 heteroatoms. The van der Waals surface area contributed by atoms with Gasteiger partial charge in [0.25, 0.3) is 0 Å². The number of piperidine rings is 1. The number of fused-ring (bicyclic) bond motifs is 2. The summed E-state index contributed by atoms with van der Waals surface area (Å²) in [5.41, 5.74) is 2.70. The predicted molar refractivity (Wildman–Crippen MR) is 144 cm³/mol. The monoisotopic (exact) mass is 516 g/mol. The van der Waals surface area contributed by atoms with Crippen molar-refractivity contribution in [3.8, 4) is 11.1 Å². The molecule has 38 heavy (non-hydrogen) atoms. The van der Waals surface area contributed by atoms with Gasteiger partial charge >= 0.3 is 0 Å². The molecular formula is C29H36N6O3. The molecule has 3 aromatic rings. The van der Waals surface area contributed by atoms with Gasteiger partial charge in [-0.2, -0.15) is 5.10 Å². The van der Waals surface area contributed by atoms with Crippen LogP contribution in [-0.2, 0) is 16.1 Å². The number of aromatic nitrogens is 4. The van der Waals surface area contributed by atoms with Crippen LogP contribution < -0.4 is 5.32 Å². The molecular weight excluding hydrogens is 480 g/mol. The first-order chi connectivity index (χ1) is 18.0. The van der Waals surface area contributed by atoms with Crippen molar-refractivity contribution >= 4 is 28.5 Å². The van der Waals surface area contributed by atoms with Crippen molar-refractivity contribution in [2.75, 3.05) is 0 Å². The summed E-state index contributed by atoms with van der Waals surface area (Å²) in [6.07, 6.45) is 5.96. The van der Waals surface area contributed by atoms with Crippen LogP contribution in [0.2, 0.25) is 0 Å². The Kier molecular flexibility index (Phi) is 6.57. The van der Waals surface area contributed by atoms with Gasteiger partial charge in [0.2, 0.25) is 11.8 Å². The third kappa shape index (κ3) is 4.81. The first-order valence-electron chi connectivity index (χ1n) is 13.4. The van der Waals surface area contributed by atoms with Crippen LogP contribution in [0.3, 0.4) is 0 Å². The largest absolute Gasteiger partial charge is 0.352 e. The number of nitrogens with one attached hydrogen (secondary N) is 1. The third-order valence-corrected chi connectivity index (χ3v) is 7.92. The van der Waals surface area contributed by atoms with Crippen molar-refractivity contribution in [2.24, 2.45) is 11.3 Å². The Hall–Kier alpha value is -3.62. The Bertz CT molecular complexity index is 1410. The van der Waals surface area contributed by atoms with Crippen LogP contribution in [0.1, 0.15) is 70.2 Å². The summed E-state index contributed by atoms with van der Waals surface area (Å²) in [6, 6.07) is 5.32. The molecule has 0 bridgehead atoms. The van der Waals surface area contributed by atoms with Gasteiger partial charge in [0, 0.05) is 42.4 Å². The Morgan fingerprint density at radius 3 is 2.47 bits per heavy atom. The fraction of sp³-hybridized carbons (Fsp3) is 0.517. The number of likely N-dealkylation sites (tertiary alicyclic amines) is 1. The lowest BCUT2D eigenvalue weighted by Gasteiger charge is -2.28. The zero-order chi connectivity index (χ0) is 27.4. The number of nitrogens with zero attached hydrogens (tertiary/aromatic N) is 5. The summed E-state index contributed by atoms with van der Waals surface area (Å²) in [6.45, 7) is 11.7. The van der Waals surface area contributed by atoms with E-state index in [2.05, 4.69) is 41.2 Å². The minimum absolute atomic E-state index is 0.0132. The molecule has 1 aromatic carbocycles. The molecule has 3 heterocycles. The first-order valence-corrected chi connectivity index (χ1v) is 13.4. The fourth-order valence-electron chi connectivity index (χ4n) is 5.96. The molecule has 4 atom stereocenters. The Morgan fingerprint density at radius 1 is 1.11 bits per heavy atom. The lowest BCUT2D eigenvalue weighted by Crippen LogP contribution is -2.50. The van der Waals surface area contributed by atoms with Crippen molar-refractivity contribution in [1.29, 1.82) is 0 Å². The summed E-state index contributed by atoms with van der Waals surface area (Å²) in [5, 5.41) is 8.35. The van der Waals surface area contributed by atoms with Crippen LogP contribution in [0.4, 0.5) is 0 Å². The molecule has 1 unspecified atom stereocenters. The minimum atomic E-state index is -0.483. The molecule has 5 rings (SSSR count). The molecule has 2 aromatic heterocycles. The number of carbonyl (C=O) groups is 3. The van der Waals surface area contributed by atoms with Gasteiger partial charge < -0.3 is 10.2 Å². The molecule has 2 fully saturated rings. The van der Waals surface area contributed by atoms with Crippen LogP contribution in [0.15, 0.2) is 30.6 Å². The van der Waals surface area contributed by atoms with Gasteiger partial charge in [0.15, 0.2) is 5.78 Å². The lowest BCUT2D eigenvalue weighted by atomic mass is 10.0. The normalized spacial score (nSPS) is 23.0. The number of hydrogen-bond acceptors (Lipinski definition) is 6. The SMILES string of the molecule is CC(=O)c1nn(CC(=O)N2C3C[C@]3(C)C[C@H]2C(=O)N[C@H](C)CC(C)C)c2ccc(-c3cnc(C)nc3)cc12. The fourth-order valence-corrected chi connectivity index (χ4v) is 5.96. The molecule has 0 radical (unpaired) electrons. The molecule has 0 spiro atoms. The average molecular weight is 517 g/mol. The topological polar surface area (TPSA) is 110 Å². The van der Waals surface area contributed by atoms with E-state index in [4.69, 9.17) is 0 Å². The molecule has 9 nitrogen and oxygen atoms in total. The summed E-state index contributed by atoms with van der Waals surface area (Å²) in [4.78, 5) is 49.7. The number of amides is 2. The maximum Gasteiger partial charge on any atom is 0.245 e. The van der Waals surface area contributed by atoms with E-state index < -0.39 is 6.04 Å². The van der Waals surface area contributed by atoms with Gasteiger partial charge in [-0.3, -0.25) is 19.1 Å². The van der Waals surface area contributed by atoms with Crippen molar-refractivity contribution < 1.29 is 14.4 Å². The van der Waals surface area contributed by atoms with Gasteiger partial charge in [0.1, 0.15) is 24.1 Å². The highest BCUT2D eigenvalue weighted by Crippen LogP contribution is 2.59. The van der Waals surface area contributed by atoms with Crippen molar-refractivity contribution in [3.05, 3.63) is 42.1 Å². The van der Waals surface area contributed by atoms with Crippen LogP contribution in [0, 0.1) is 18.3 Å². The molecule has 2 amide bonds. The molecule has 1 saturated carbocycles. The Balaban J connectivity index is 1.41.